The van der Waals surface area contributed by atoms with Crippen LogP contribution in [0.25, 0.3) is 0 Å². The summed E-state index contributed by atoms with van der Waals surface area (Å²) in [7, 11) is 0. The van der Waals surface area contributed by atoms with Crippen molar-refractivity contribution >= 4 is 18.2 Å². The van der Waals surface area contributed by atoms with Gasteiger partial charge in [-0.2, -0.15) is 0 Å². The van der Waals surface area contributed by atoms with Gasteiger partial charge in [0.25, 0.3) is 0 Å². The van der Waals surface area contributed by atoms with Crippen LogP contribution < -0.4 is 10.6 Å². The lowest BCUT2D eigenvalue weighted by atomic mass is 9.85. The molecule has 156 valence electrons. The fraction of sp³-hybridized carbons (Fsp3) is 0.850. The molecule has 1 aliphatic rings. The number of nitrogens with zero attached hydrogens (tertiary/aromatic N) is 1. The Kier molecular flexibility index (Phi) is 9.77. The Balaban J connectivity index is 2.80. The van der Waals surface area contributed by atoms with Crippen LogP contribution in [0, 0.1) is 11.3 Å². The van der Waals surface area contributed by atoms with E-state index in [-0.39, 0.29) is 24.4 Å². The number of unbranched alkanes of at least 4 members (excludes halogenated alkanes) is 1. The molecule has 0 heterocycles. The zero-order chi connectivity index (χ0) is 20.4. The maximum absolute atomic E-state index is 12.9. The summed E-state index contributed by atoms with van der Waals surface area (Å²) in [5, 5.41) is 16.0. The molecule has 0 aromatic rings. The first-order chi connectivity index (χ1) is 12.7. The highest BCUT2D eigenvalue weighted by molar-refractivity contribution is 5.89. The summed E-state index contributed by atoms with van der Waals surface area (Å²) in [4.78, 5) is 36.4. The molecule has 0 aromatic heterocycles. The second kappa shape index (κ2) is 11.3. The summed E-state index contributed by atoms with van der Waals surface area (Å²) in [5.41, 5.74) is -0.451. The molecule has 0 saturated heterocycles. The van der Waals surface area contributed by atoms with Gasteiger partial charge in [-0.1, -0.05) is 59.8 Å². The maximum Gasteiger partial charge on any atom is 0.243 e. The molecule has 0 unspecified atom stereocenters. The fourth-order valence-electron chi connectivity index (χ4n) is 3.49. The van der Waals surface area contributed by atoms with Crippen molar-refractivity contribution in [2.24, 2.45) is 11.3 Å². The minimum absolute atomic E-state index is 0.0730. The third-order valence-electron chi connectivity index (χ3n) is 5.17. The van der Waals surface area contributed by atoms with E-state index < -0.39 is 17.4 Å². The van der Waals surface area contributed by atoms with Gasteiger partial charge in [-0.3, -0.25) is 19.6 Å². The normalized spacial score (nSPS) is 17.7. The Hall–Kier alpha value is -1.63. The summed E-state index contributed by atoms with van der Waals surface area (Å²) in [6.07, 6.45) is 7.96. The molecule has 0 bridgehead atoms. The third kappa shape index (κ3) is 8.28. The van der Waals surface area contributed by atoms with Crippen LogP contribution in [-0.2, 0) is 14.4 Å². The SMILES string of the molecule is CCCC[C@H](CN(O)C=O)C(=O)N[C@H](C(=O)NC1CCCCC1)C(C)(C)C. The first-order valence-electron chi connectivity index (χ1n) is 10.2. The molecule has 0 radical (unpaired) electrons. The maximum atomic E-state index is 12.9. The van der Waals surface area contributed by atoms with Crippen molar-refractivity contribution in [2.75, 3.05) is 6.54 Å². The smallest absolute Gasteiger partial charge is 0.243 e. The predicted molar refractivity (Wildman–Crippen MR) is 104 cm³/mol. The second-order valence-electron chi connectivity index (χ2n) is 8.72. The van der Waals surface area contributed by atoms with Gasteiger partial charge < -0.3 is 10.6 Å². The highest BCUT2D eigenvalue weighted by Gasteiger charge is 2.35. The van der Waals surface area contributed by atoms with E-state index in [0.717, 1.165) is 38.5 Å². The van der Waals surface area contributed by atoms with Gasteiger partial charge in [-0.05, 0) is 24.7 Å². The van der Waals surface area contributed by atoms with E-state index in [1.807, 2.05) is 27.7 Å². The van der Waals surface area contributed by atoms with E-state index in [4.69, 9.17) is 0 Å². The largest absolute Gasteiger partial charge is 0.352 e. The van der Waals surface area contributed by atoms with E-state index in [1.165, 1.54) is 6.42 Å². The predicted octanol–water partition coefficient (Wildman–Crippen LogP) is 2.62. The number of nitrogens with one attached hydrogen (secondary N) is 2. The molecule has 0 spiro atoms. The van der Waals surface area contributed by atoms with Gasteiger partial charge >= 0.3 is 0 Å². The van der Waals surface area contributed by atoms with Crippen LogP contribution in [-0.4, -0.2) is 47.1 Å². The lowest BCUT2D eigenvalue weighted by molar-refractivity contribution is -0.155. The lowest BCUT2D eigenvalue weighted by Crippen LogP contribution is -2.57. The Morgan fingerprint density at radius 3 is 2.33 bits per heavy atom. The Labute approximate surface area is 163 Å². The van der Waals surface area contributed by atoms with Gasteiger partial charge in [0, 0.05) is 6.04 Å². The van der Waals surface area contributed by atoms with Gasteiger partial charge in [0.05, 0.1) is 12.5 Å². The molecule has 7 nitrogen and oxygen atoms in total. The van der Waals surface area contributed by atoms with Gasteiger partial charge in [0.15, 0.2) is 0 Å². The molecule has 1 fully saturated rings. The Morgan fingerprint density at radius 1 is 1.19 bits per heavy atom. The average Bonchev–Trinajstić information content (AvgIpc) is 2.62. The van der Waals surface area contributed by atoms with E-state index >= 15 is 0 Å². The fourth-order valence-corrected chi connectivity index (χ4v) is 3.49. The minimum Gasteiger partial charge on any atom is -0.352 e. The van der Waals surface area contributed by atoms with Crippen molar-refractivity contribution in [3.8, 4) is 0 Å². The standard InChI is InChI=1S/C20H37N3O4/c1-5-6-10-15(13-23(27)14-24)18(25)22-17(20(2,3)4)19(26)21-16-11-8-7-9-12-16/h14-17,27H,5-13H2,1-4H3,(H,21,26)(H,22,25)/t15-,17-/m1/s1. The Morgan fingerprint density at radius 2 is 1.81 bits per heavy atom. The second-order valence-corrected chi connectivity index (χ2v) is 8.72. The quantitative estimate of drug-likeness (QED) is 0.307. The number of rotatable bonds is 10. The molecule has 0 aromatic carbocycles. The molecule has 27 heavy (non-hydrogen) atoms. The summed E-state index contributed by atoms with van der Waals surface area (Å²) >= 11 is 0. The van der Waals surface area contributed by atoms with Crippen molar-refractivity contribution in [3.63, 3.8) is 0 Å². The lowest BCUT2D eigenvalue weighted by Gasteiger charge is -2.34. The van der Waals surface area contributed by atoms with Crippen LogP contribution in [0.1, 0.15) is 79.1 Å². The van der Waals surface area contributed by atoms with Gasteiger partial charge in [0.1, 0.15) is 6.04 Å². The molecule has 2 atom stereocenters. The van der Waals surface area contributed by atoms with Gasteiger partial charge in [0.2, 0.25) is 18.2 Å². The van der Waals surface area contributed by atoms with Gasteiger partial charge in [-0.25, -0.2) is 5.06 Å². The van der Waals surface area contributed by atoms with Crippen LogP contribution in [0.2, 0.25) is 0 Å². The van der Waals surface area contributed by atoms with Crippen molar-refractivity contribution in [1.29, 1.82) is 0 Å². The third-order valence-corrected chi connectivity index (χ3v) is 5.17. The molecule has 1 aliphatic carbocycles. The van der Waals surface area contributed by atoms with Crippen LogP contribution in [0.15, 0.2) is 0 Å². The molecule has 1 saturated carbocycles. The zero-order valence-electron chi connectivity index (χ0n) is 17.3. The van der Waals surface area contributed by atoms with Crippen molar-refractivity contribution in [3.05, 3.63) is 0 Å². The van der Waals surface area contributed by atoms with Crippen LogP contribution in [0.4, 0.5) is 0 Å². The topological polar surface area (TPSA) is 98.7 Å². The number of hydrogen-bond donors (Lipinski definition) is 3. The molecular weight excluding hydrogens is 346 g/mol. The number of carbonyl (C=O) groups excluding carboxylic acids is 3. The summed E-state index contributed by atoms with van der Waals surface area (Å²) in [5.74, 6) is -1.01. The summed E-state index contributed by atoms with van der Waals surface area (Å²) in [6, 6.07) is -0.494. The molecule has 3 N–H and O–H groups in total. The number of carbonyl (C=O) groups is 3. The average molecular weight is 384 g/mol. The molecule has 3 amide bonds. The number of hydrogen-bond acceptors (Lipinski definition) is 4. The highest BCUT2D eigenvalue weighted by atomic mass is 16.5. The zero-order valence-corrected chi connectivity index (χ0v) is 17.3. The molecule has 1 rings (SSSR count). The molecule has 0 aliphatic heterocycles. The first kappa shape index (κ1) is 23.4. The van der Waals surface area contributed by atoms with Crippen molar-refractivity contribution in [2.45, 2.75) is 91.1 Å². The highest BCUT2D eigenvalue weighted by Crippen LogP contribution is 2.23. The van der Waals surface area contributed by atoms with E-state index in [9.17, 15) is 19.6 Å². The summed E-state index contributed by atoms with van der Waals surface area (Å²) < 4.78 is 0. The Bertz CT molecular complexity index is 484. The van der Waals surface area contributed by atoms with Crippen molar-refractivity contribution < 1.29 is 19.6 Å². The van der Waals surface area contributed by atoms with Crippen LogP contribution in [0.3, 0.4) is 0 Å². The molecule has 7 heteroatoms. The van der Waals surface area contributed by atoms with Crippen molar-refractivity contribution in [1.82, 2.24) is 15.7 Å². The first-order valence-corrected chi connectivity index (χ1v) is 10.2. The van der Waals surface area contributed by atoms with E-state index in [1.54, 1.807) is 0 Å². The van der Waals surface area contributed by atoms with E-state index in [0.29, 0.717) is 17.9 Å². The molecular formula is C20H37N3O4. The monoisotopic (exact) mass is 383 g/mol. The van der Waals surface area contributed by atoms with E-state index in [2.05, 4.69) is 10.6 Å². The number of hydroxylamine groups is 2. The van der Waals surface area contributed by atoms with Crippen LogP contribution >= 0.6 is 0 Å². The van der Waals surface area contributed by atoms with Crippen LogP contribution in [0.5, 0.6) is 0 Å². The minimum atomic E-state index is -0.667. The van der Waals surface area contributed by atoms with Gasteiger partial charge in [-0.15, -0.1) is 0 Å². The summed E-state index contributed by atoms with van der Waals surface area (Å²) in [6.45, 7) is 7.70. The number of amides is 3.